The molecule has 0 N–H and O–H groups in total. The van der Waals surface area contributed by atoms with Crippen LogP contribution in [0.5, 0.6) is 0 Å². The van der Waals surface area contributed by atoms with Crippen molar-refractivity contribution in [3.05, 3.63) is 191 Å². The van der Waals surface area contributed by atoms with Crippen LogP contribution in [0.3, 0.4) is 0 Å². The van der Waals surface area contributed by atoms with Gasteiger partial charge in [0, 0.05) is 61.0 Å². The Kier molecular flexibility index (Phi) is 9.30. The molecule has 70 heavy (non-hydrogen) atoms. The van der Waals surface area contributed by atoms with Gasteiger partial charge in [-0.1, -0.05) is 140 Å². The van der Waals surface area contributed by atoms with Gasteiger partial charge >= 0.3 is 0 Å². The highest BCUT2D eigenvalue weighted by molar-refractivity contribution is 7.26. The van der Waals surface area contributed by atoms with Crippen molar-refractivity contribution in [2.24, 2.45) is 0 Å². The van der Waals surface area contributed by atoms with Crippen molar-refractivity contribution in [1.29, 1.82) is 0 Å². The van der Waals surface area contributed by atoms with Crippen LogP contribution < -0.4 is 31.1 Å². The maximum Gasteiger partial charge on any atom is 0.252 e. The summed E-state index contributed by atoms with van der Waals surface area (Å²) >= 11 is 1.92. The number of anilines is 9. The molecule has 5 heteroatoms. The van der Waals surface area contributed by atoms with Crippen molar-refractivity contribution in [3.63, 3.8) is 0 Å². The van der Waals surface area contributed by atoms with Crippen LogP contribution in [-0.4, -0.2) is 6.71 Å². The van der Waals surface area contributed by atoms with Gasteiger partial charge in [0.15, 0.2) is 0 Å². The van der Waals surface area contributed by atoms with Crippen molar-refractivity contribution in [1.82, 2.24) is 0 Å². The van der Waals surface area contributed by atoms with E-state index in [1.807, 2.05) is 11.3 Å². The minimum absolute atomic E-state index is 0.00113. The van der Waals surface area contributed by atoms with Crippen molar-refractivity contribution in [2.45, 2.75) is 110 Å². The topological polar surface area (TPSA) is 9.72 Å². The number of hydrogen-bond donors (Lipinski definition) is 0. The van der Waals surface area contributed by atoms with Crippen LogP contribution in [0.15, 0.2) is 158 Å². The third kappa shape index (κ3) is 6.32. The van der Waals surface area contributed by atoms with Crippen molar-refractivity contribution < 1.29 is 0 Å². The number of hydrogen-bond acceptors (Lipinski definition) is 4. The number of nitrogens with zero attached hydrogens (tertiary/aromatic N) is 3. The number of benzene rings is 8. The average molecular weight is 928 g/mol. The second-order valence-electron chi connectivity index (χ2n) is 23.7. The predicted octanol–water partition coefficient (Wildman–Crippen LogP) is 16.5. The summed E-state index contributed by atoms with van der Waals surface area (Å²) in [6, 6.07) is 60.5. The zero-order valence-corrected chi connectivity index (χ0v) is 43.3. The lowest BCUT2D eigenvalue weighted by molar-refractivity contribution is 0.332. The first kappa shape index (κ1) is 43.5. The third-order valence-corrected chi connectivity index (χ3v) is 18.2. The predicted molar refractivity (Wildman–Crippen MR) is 303 cm³/mol. The molecule has 3 heterocycles. The lowest BCUT2D eigenvalue weighted by atomic mass is 9.33. The molecule has 0 bridgehead atoms. The molecule has 0 amide bonds. The van der Waals surface area contributed by atoms with E-state index in [1.165, 1.54) is 117 Å². The van der Waals surface area contributed by atoms with Crippen LogP contribution in [0, 0.1) is 13.8 Å². The highest BCUT2D eigenvalue weighted by Gasteiger charge is 2.49. The molecule has 0 radical (unpaired) electrons. The number of thiophene rings is 1. The molecule has 8 aromatic carbocycles. The van der Waals surface area contributed by atoms with Gasteiger partial charge < -0.3 is 14.7 Å². The standard InChI is InChI=1S/C65H62BN3S/c1-40-32-57-60-58(33-40)69(54-37-49-47(34-41(54)2)62(3,4)30-31-63(49,5)6)56-38-50-48(64(7,8)39-65(50,9)10)36-52(56)66(60)51-29-28-44(67(42-20-13-11-14-21-42)43-22-15-12-16-23-43)35-55(51)68(57)53-26-19-25-46-45-24-17-18-27-59(45)70-61(46)53/h11-29,32-38H,30-31,39H2,1-10H3. The third-order valence-electron chi connectivity index (χ3n) is 17.0. The average Bonchev–Trinajstić information content (AvgIpc) is 3.80. The Labute approximate surface area is 419 Å². The molecule has 4 aliphatic rings. The van der Waals surface area contributed by atoms with Gasteiger partial charge in [0.25, 0.3) is 6.71 Å². The van der Waals surface area contributed by atoms with Crippen LogP contribution in [-0.2, 0) is 21.7 Å². The molecule has 0 saturated heterocycles. The summed E-state index contributed by atoms with van der Waals surface area (Å²) in [5.74, 6) is 0. The molecule has 1 aromatic heterocycles. The van der Waals surface area contributed by atoms with Crippen molar-refractivity contribution >= 4 is 106 Å². The Morgan fingerprint density at radius 3 is 1.66 bits per heavy atom. The molecule has 0 fully saturated rings. The normalized spacial score (nSPS) is 17.5. The number of para-hydroxylation sites is 2. The van der Waals surface area contributed by atoms with E-state index in [4.69, 9.17) is 0 Å². The number of rotatable bonds is 5. The van der Waals surface area contributed by atoms with Gasteiger partial charge in [0.05, 0.1) is 10.4 Å². The van der Waals surface area contributed by atoms with Gasteiger partial charge in [0.2, 0.25) is 0 Å². The van der Waals surface area contributed by atoms with Crippen LogP contribution >= 0.6 is 11.3 Å². The summed E-state index contributed by atoms with van der Waals surface area (Å²) in [4.78, 5) is 7.80. The first-order valence-electron chi connectivity index (χ1n) is 25.5. The minimum Gasteiger partial charge on any atom is -0.311 e. The quantitative estimate of drug-likeness (QED) is 0.159. The summed E-state index contributed by atoms with van der Waals surface area (Å²) in [6.07, 6.45) is 3.48. The van der Waals surface area contributed by atoms with Crippen LogP contribution in [0.25, 0.3) is 20.2 Å². The van der Waals surface area contributed by atoms with Crippen molar-refractivity contribution in [2.75, 3.05) is 14.7 Å². The Morgan fingerprint density at radius 2 is 0.986 bits per heavy atom. The van der Waals surface area contributed by atoms with E-state index >= 15 is 0 Å². The highest BCUT2D eigenvalue weighted by Crippen LogP contribution is 2.55. The Morgan fingerprint density at radius 1 is 0.443 bits per heavy atom. The molecule has 2 aliphatic heterocycles. The second kappa shape index (κ2) is 15.0. The maximum atomic E-state index is 2.72. The fourth-order valence-corrected chi connectivity index (χ4v) is 14.9. The molecule has 2 aliphatic carbocycles. The van der Waals surface area contributed by atoms with Gasteiger partial charge in [-0.05, 0) is 177 Å². The van der Waals surface area contributed by atoms with Crippen LogP contribution in [0.1, 0.15) is 108 Å². The lowest BCUT2D eigenvalue weighted by Crippen LogP contribution is -2.61. The Hall–Kier alpha value is -6.56. The zero-order valence-electron chi connectivity index (χ0n) is 42.5. The van der Waals surface area contributed by atoms with E-state index in [0.717, 1.165) is 23.5 Å². The van der Waals surface area contributed by atoms with Gasteiger partial charge in [0.1, 0.15) is 0 Å². The highest BCUT2D eigenvalue weighted by atomic mass is 32.1. The van der Waals surface area contributed by atoms with E-state index in [9.17, 15) is 0 Å². The molecule has 0 saturated carbocycles. The van der Waals surface area contributed by atoms with E-state index < -0.39 is 0 Å². The molecule has 346 valence electrons. The van der Waals surface area contributed by atoms with Gasteiger partial charge in [-0.15, -0.1) is 11.3 Å². The first-order valence-corrected chi connectivity index (χ1v) is 26.4. The summed E-state index contributed by atoms with van der Waals surface area (Å²) < 4.78 is 2.62. The van der Waals surface area contributed by atoms with Gasteiger partial charge in [-0.3, -0.25) is 0 Å². The second-order valence-corrected chi connectivity index (χ2v) is 24.7. The molecule has 0 spiro atoms. The monoisotopic (exact) mass is 927 g/mol. The molecular formula is C65H62BN3S. The first-order chi connectivity index (χ1) is 33.5. The van der Waals surface area contributed by atoms with E-state index in [-0.39, 0.29) is 28.4 Å². The molecule has 0 atom stereocenters. The van der Waals surface area contributed by atoms with Gasteiger partial charge in [-0.25, -0.2) is 0 Å². The van der Waals surface area contributed by atoms with Gasteiger partial charge in [-0.2, -0.15) is 0 Å². The fraction of sp³-hybridized carbons (Fsp3) is 0.262. The van der Waals surface area contributed by atoms with E-state index in [1.54, 1.807) is 0 Å². The summed E-state index contributed by atoms with van der Waals surface area (Å²) in [6.45, 7) is 24.4. The minimum atomic E-state index is -0.00113. The smallest absolute Gasteiger partial charge is 0.252 e. The summed E-state index contributed by atoms with van der Waals surface area (Å²) in [5.41, 5.74) is 23.9. The number of aryl methyl sites for hydroxylation is 2. The van der Waals surface area contributed by atoms with Crippen LogP contribution in [0.2, 0.25) is 0 Å². The van der Waals surface area contributed by atoms with Crippen molar-refractivity contribution in [3.8, 4) is 0 Å². The fourth-order valence-electron chi connectivity index (χ4n) is 13.7. The van der Waals surface area contributed by atoms with E-state index in [0.29, 0.717) is 0 Å². The molecule has 3 nitrogen and oxygen atoms in total. The molecule has 13 rings (SSSR count). The number of fused-ring (bicyclic) bond motifs is 9. The van der Waals surface area contributed by atoms with E-state index in [2.05, 4.69) is 242 Å². The lowest BCUT2D eigenvalue weighted by Gasteiger charge is -2.46. The largest absolute Gasteiger partial charge is 0.311 e. The summed E-state index contributed by atoms with van der Waals surface area (Å²) in [7, 11) is 0. The zero-order chi connectivity index (χ0) is 48.2. The maximum absolute atomic E-state index is 2.72. The Balaban J connectivity index is 1.15. The Bertz CT molecular complexity index is 3600. The molecular weight excluding hydrogens is 866 g/mol. The molecule has 0 unspecified atom stereocenters. The summed E-state index contributed by atoms with van der Waals surface area (Å²) in [5, 5.41) is 2.62. The SMILES string of the molecule is Cc1cc2c3c(c1)N(c1cccc4c1sc1ccccc14)c1cc(N(c4ccccc4)c4ccccc4)ccc1B3c1cc3c(cc1N2c1cc2c(cc1C)C(C)(C)CCC2(C)C)C(C)(C)CC3(C)C. The molecule has 9 aromatic rings. The van der Waals surface area contributed by atoms with Crippen LogP contribution in [0.4, 0.5) is 51.2 Å².